The fraction of sp³-hybridized carbons (Fsp3) is 1.00. The molecule has 0 aromatic carbocycles. The van der Waals surface area contributed by atoms with Crippen LogP contribution in [-0.4, -0.2) is 47.8 Å². The second-order valence-electron chi connectivity index (χ2n) is 6.97. The van der Waals surface area contributed by atoms with Crippen LogP contribution in [0.4, 0.5) is 0 Å². The Morgan fingerprint density at radius 1 is 1.05 bits per heavy atom. The maximum Gasteiger partial charge on any atom is 0.0613 e. The van der Waals surface area contributed by atoms with E-state index in [9.17, 15) is 5.11 Å². The van der Waals surface area contributed by atoms with E-state index in [1.165, 1.54) is 64.5 Å². The summed E-state index contributed by atoms with van der Waals surface area (Å²) >= 11 is 0. The molecule has 3 heteroatoms. The third kappa shape index (κ3) is 4.71. The zero-order valence-corrected chi connectivity index (χ0v) is 13.4. The number of hydrogen-bond acceptors (Lipinski definition) is 3. The van der Waals surface area contributed by atoms with Gasteiger partial charge in [0.2, 0.25) is 0 Å². The van der Waals surface area contributed by atoms with E-state index in [2.05, 4.69) is 17.1 Å². The van der Waals surface area contributed by atoms with Crippen molar-refractivity contribution in [1.29, 1.82) is 0 Å². The monoisotopic (exact) mass is 282 g/mol. The molecule has 2 N–H and O–H groups in total. The van der Waals surface area contributed by atoms with Crippen LogP contribution in [0, 0.1) is 0 Å². The number of nitrogens with zero attached hydrogens (tertiary/aromatic N) is 1. The predicted octanol–water partition coefficient (Wildman–Crippen LogP) is 2.93. The van der Waals surface area contributed by atoms with Crippen molar-refractivity contribution < 1.29 is 5.11 Å². The second-order valence-corrected chi connectivity index (χ2v) is 6.97. The molecule has 0 radical (unpaired) electrons. The number of rotatable bonds is 5. The average molecular weight is 282 g/mol. The van der Waals surface area contributed by atoms with Gasteiger partial charge < -0.3 is 15.3 Å². The third-order valence-electron chi connectivity index (χ3n) is 5.24. The summed E-state index contributed by atoms with van der Waals surface area (Å²) in [6, 6.07) is 0.641. The van der Waals surface area contributed by atoms with Crippen LogP contribution < -0.4 is 5.32 Å². The summed E-state index contributed by atoms with van der Waals surface area (Å²) in [7, 11) is 0. The Morgan fingerprint density at radius 3 is 2.45 bits per heavy atom. The molecular weight excluding hydrogens is 248 g/mol. The first-order valence-electron chi connectivity index (χ1n) is 8.89. The van der Waals surface area contributed by atoms with E-state index in [4.69, 9.17) is 0 Å². The van der Waals surface area contributed by atoms with E-state index in [0.717, 1.165) is 19.4 Å². The van der Waals surface area contributed by atoms with Gasteiger partial charge in [-0.1, -0.05) is 32.6 Å². The first kappa shape index (κ1) is 16.3. The van der Waals surface area contributed by atoms with Crippen molar-refractivity contribution in [3.05, 3.63) is 0 Å². The van der Waals surface area contributed by atoms with E-state index in [1.807, 2.05) is 0 Å². The first-order valence-corrected chi connectivity index (χ1v) is 8.89. The van der Waals surface area contributed by atoms with Gasteiger partial charge in [0, 0.05) is 11.6 Å². The highest BCUT2D eigenvalue weighted by Crippen LogP contribution is 2.26. The number of aliphatic hydroxyl groups is 1. The smallest absolute Gasteiger partial charge is 0.0613 e. The second kappa shape index (κ2) is 8.35. The summed E-state index contributed by atoms with van der Waals surface area (Å²) in [5.41, 5.74) is -0.00248. The van der Waals surface area contributed by atoms with Crippen LogP contribution in [0.2, 0.25) is 0 Å². The maximum atomic E-state index is 10.0. The lowest BCUT2D eigenvalue weighted by Gasteiger charge is -2.36. The minimum Gasteiger partial charge on any atom is -0.394 e. The Labute approximate surface area is 125 Å². The molecule has 118 valence electrons. The normalized spacial score (nSPS) is 30.9. The summed E-state index contributed by atoms with van der Waals surface area (Å²) in [4.78, 5) is 2.58. The van der Waals surface area contributed by atoms with Crippen LogP contribution >= 0.6 is 0 Å². The van der Waals surface area contributed by atoms with Gasteiger partial charge in [-0.15, -0.1) is 0 Å². The molecule has 2 aliphatic rings. The zero-order valence-electron chi connectivity index (χ0n) is 13.4. The molecule has 1 saturated carbocycles. The van der Waals surface area contributed by atoms with Gasteiger partial charge in [0.15, 0.2) is 0 Å². The molecule has 20 heavy (non-hydrogen) atoms. The first-order chi connectivity index (χ1) is 9.78. The molecule has 1 aliphatic heterocycles. The molecule has 1 saturated heterocycles. The van der Waals surface area contributed by atoms with Crippen molar-refractivity contribution in [2.24, 2.45) is 0 Å². The molecule has 0 spiro atoms. The van der Waals surface area contributed by atoms with Gasteiger partial charge >= 0.3 is 0 Å². The highest BCUT2D eigenvalue weighted by Gasteiger charge is 2.33. The van der Waals surface area contributed by atoms with Gasteiger partial charge in [-0.05, 0) is 58.2 Å². The lowest BCUT2D eigenvalue weighted by molar-refractivity contribution is 0.126. The maximum absolute atomic E-state index is 10.0. The number of aliphatic hydroxyl groups excluding tert-OH is 1. The van der Waals surface area contributed by atoms with Crippen molar-refractivity contribution in [3.8, 4) is 0 Å². The van der Waals surface area contributed by atoms with Crippen molar-refractivity contribution in [2.75, 3.05) is 26.2 Å². The minimum atomic E-state index is -0.00248. The van der Waals surface area contributed by atoms with E-state index in [1.54, 1.807) is 0 Å². The molecule has 1 aliphatic carbocycles. The van der Waals surface area contributed by atoms with Crippen molar-refractivity contribution in [2.45, 2.75) is 82.7 Å². The Morgan fingerprint density at radius 2 is 1.80 bits per heavy atom. The molecule has 2 rings (SSSR count). The molecule has 1 unspecified atom stereocenters. The van der Waals surface area contributed by atoms with Crippen molar-refractivity contribution in [1.82, 2.24) is 10.2 Å². The highest BCUT2D eigenvalue weighted by molar-refractivity contribution is 4.93. The van der Waals surface area contributed by atoms with Gasteiger partial charge in [0.25, 0.3) is 0 Å². The van der Waals surface area contributed by atoms with Crippen molar-refractivity contribution >= 4 is 0 Å². The fourth-order valence-corrected chi connectivity index (χ4v) is 3.99. The summed E-state index contributed by atoms with van der Waals surface area (Å²) in [5.74, 6) is 0. The van der Waals surface area contributed by atoms with Crippen LogP contribution in [0.25, 0.3) is 0 Å². The summed E-state index contributed by atoms with van der Waals surface area (Å²) < 4.78 is 0. The van der Waals surface area contributed by atoms with Gasteiger partial charge in [-0.3, -0.25) is 0 Å². The Kier molecular flexibility index (Phi) is 6.79. The molecule has 1 heterocycles. The molecule has 0 aromatic heterocycles. The lowest BCUT2D eigenvalue weighted by Crippen LogP contribution is -2.53. The molecule has 0 bridgehead atoms. The molecule has 2 fully saturated rings. The van der Waals surface area contributed by atoms with Gasteiger partial charge in [0.05, 0.1) is 6.61 Å². The lowest BCUT2D eigenvalue weighted by atomic mass is 9.89. The zero-order chi connectivity index (χ0) is 14.3. The standard InChI is InChI=1S/C17H34N2O/c1-2-12-19-13-7-10-17(15-20,11-14-19)18-16-8-5-3-4-6-9-16/h16,18,20H,2-15H2,1H3. The fourth-order valence-electron chi connectivity index (χ4n) is 3.99. The Bertz CT molecular complexity index is 264. The predicted molar refractivity (Wildman–Crippen MR) is 85.0 cm³/mol. The van der Waals surface area contributed by atoms with Gasteiger partial charge in [0.1, 0.15) is 0 Å². The number of nitrogens with one attached hydrogen (secondary N) is 1. The molecule has 1 atom stereocenters. The minimum absolute atomic E-state index is 0.00248. The molecule has 0 aromatic rings. The van der Waals surface area contributed by atoms with Crippen molar-refractivity contribution in [3.63, 3.8) is 0 Å². The van der Waals surface area contributed by atoms with Gasteiger partial charge in [-0.2, -0.15) is 0 Å². The molecule has 0 amide bonds. The van der Waals surface area contributed by atoms with Crippen LogP contribution in [0.1, 0.15) is 71.1 Å². The Balaban J connectivity index is 1.90. The van der Waals surface area contributed by atoms with Crippen LogP contribution in [0.3, 0.4) is 0 Å². The summed E-state index contributed by atoms with van der Waals surface area (Å²) in [6.45, 7) is 6.14. The van der Waals surface area contributed by atoms with Crippen LogP contribution in [0.5, 0.6) is 0 Å². The SMILES string of the molecule is CCCN1CCCC(CO)(NC2CCCCCC2)CC1. The molecule has 3 nitrogen and oxygen atoms in total. The van der Waals surface area contributed by atoms with E-state index in [-0.39, 0.29) is 5.54 Å². The highest BCUT2D eigenvalue weighted by atomic mass is 16.3. The average Bonchev–Trinajstić information content (AvgIpc) is 2.82. The van der Waals surface area contributed by atoms with Crippen LogP contribution in [-0.2, 0) is 0 Å². The quantitative estimate of drug-likeness (QED) is 0.761. The largest absolute Gasteiger partial charge is 0.394 e. The van der Waals surface area contributed by atoms with E-state index >= 15 is 0 Å². The van der Waals surface area contributed by atoms with E-state index in [0.29, 0.717) is 12.6 Å². The number of likely N-dealkylation sites (tertiary alicyclic amines) is 1. The van der Waals surface area contributed by atoms with Gasteiger partial charge in [-0.25, -0.2) is 0 Å². The summed E-state index contributed by atoms with van der Waals surface area (Å²) in [6.07, 6.45) is 12.8. The Hall–Kier alpha value is -0.120. The third-order valence-corrected chi connectivity index (χ3v) is 5.24. The molecular formula is C17H34N2O. The number of hydrogen-bond donors (Lipinski definition) is 2. The van der Waals surface area contributed by atoms with E-state index < -0.39 is 0 Å². The van der Waals surface area contributed by atoms with Crippen LogP contribution in [0.15, 0.2) is 0 Å². The summed E-state index contributed by atoms with van der Waals surface area (Å²) in [5, 5.41) is 13.9. The topological polar surface area (TPSA) is 35.5 Å².